The van der Waals surface area contributed by atoms with E-state index >= 15 is 0 Å². The van der Waals surface area contributed by atoms with Crippen molar-refractivity contribution in [3.05, 3.63) is 94.3 Å². The fourth-order valence-electron chi connectivity index (χ4n) is 4.11. The molecule has 2 aromatic carbocycles. The van der Waals surface area contributed by atoms with Crippen molar-refractivity contribution >= 4 is 17.7 Å². The second-order valence-electron chi connectivity index (χ2n) is 8.95. The number of aromatic nitrogens is 3. The molecule has 0 spiro atoms. The third-order valence-electron chi connectivity index (χ3n) is 6.04. The molecule has 1 amide bonds. The maximum atomic E-state index is 13.8. The molecule has 4 aromatic rings. The molecule has 3 N–H and O–H groups in total. The van der Waals surface area contributed by atoms with Crippen LogP contribution in [-0.2, 0) is 24.2 Å². The number of aliphatic carboxylic acids is 1. The summed E-state index contributed by atoms with van der Waals surface area (Å²) in [6.45, 7) is 5.73. The van der Waals surface area contributed by atoms with Crippen LogP contribution in [0.25, 0.3) is 11.5 Å². The number of carboxylic acid groups (broad SMARTS) is 1. The van der Waals surface area contributed by atoms with Crippen LogP contribution >= 0.6 is 0 Å². The third-order valence-corrected chi connectivity index (χ3v) is 6.04. The monoisotopic (exact) mass is 517 g/mol. The maximum Gasteiger partial charge on any atom is 0.326 e. The van der Waals surface area contributed by atoms with Gasteiger partial charge in [0.1, 0.15) is 17.7 Å². The van der Waals surface area contributed by atoms with Crippen molar-refractivity contribution in [1.29, 1.82) is 0 Å². The van der Waals surface area contributed by atoms with Gasteiger partial charge >= 0.3 is 5.97 Å². The van der Waals surface area contributed by atoms with Gasteiger partial charge in [-0.3, -0.25) is 4.79 Å². The number of nitrogens with one attached hydrogen (secondary N) is 2. The van der Waals surface area contributed by atoms with Crippen LogP contribution in [0.2, 0.25) is 0 Å². The van der Waals surface area contributed by atoms with Crippen molar-refractivity contribution in [1.82, 2.24) is 20.5 Å². The van der Waals surface area contributed by atoms with Crippen LogP contribution in [0.15, 0.2) is 59.1 Å². The molecule has 0 saturated heterocycles. The van der Waals surface area contributed by atoms with Crippen LogP contribution < -0.4 is 10.6 Å². The Kier molecular flexibility index (Phi) is 8.10. The highest BCUT2D eigenvalue weighted by molar-refractivity contribution is 5.99. The first-order valence-electron chi connectivity index (χ1n) is 12.1. The zero-order valence-corrected chi connectivity index (χ0v) is 21.3. The lowest BCUT2D eigenvalue weighted by atomic mass is 9.98. The number of hydrogen-bond donors (Lipinski definition) is 3. The molecule has 196 valence electrons. The van der Waals surface area contributed by atoms with E-state index in [-0.39, 0.29) is 6.42 Å². The minimum absolute atomic E-state index is 0.0611. The number of carbonyl (C=O) groups is 2. The predicted octanol–water partition coefficient (Wildman–Crippen LogP) is 4.49. The first-order chi connectivity index (χ1) is 18.2. The number of rotatable bonds is 10. The molecule has 1 unspecified atom stereocenters. The number of halogens is 1. The van der Waals surface area contributed by atoms with Crippen LogP contribution in [-0.4, -0.2) is 38.2 Å². The minimum Gasteiger partial charge on any atom is -0.480 e. The molecule has 0 aliphatic carbocycles. The van der Waals surface area contributed by atoms with E-state index in [1.54, 1.807) is 37.4 Å². The standard InChI is InChI=1S/C28H28FN5O4/c1-4-19-14-21(29)12-17(3)25(19)26(35)32-22(28(36)37)13-18-5-7-20(8-6-18)27-34-33-24(38-27)15-31-23-11-16(2)9-10-30-23/h5-12,14,22H,4,13,15H2,1-3H3,(H,30,31)(H,32,35)(H,36,37). The molecule has 0 saturated carbocycles. The average Bonchev–Trinajstić information content (AvgIpc) is 3.36. The van der Waals surface area contributed by atoms with Gasteiger partial charge in [0.05, 0.1) is 6.54 Å². The molecule has 0 radical (unpaired) electrons. The summed E-state index contributed by atoms with van der Waals surface area (Å²) in [5.74, 6) is -0.724. The molecule has 9 nitrogen and oxygen atoms in total. The first kappa shape index (κ1) is 26.5. The van der Waals surface area contributed by atoms with E-state index in [9.17, 15) is 19.1 Å². The van der Waals surface area contributed by atoms with Crippen LogP contribution in [0, 0.1) is 19.7 Å². The van der Waals surface area contributed by atoms with Crippen LogP contribution in [0.4, 0.5) is 10.2 Å². The van der Waals surface area contributed by atoms with Gasteiger partial charge < -0.3 is 20.2 Å². The Morgan fingerprint density at radius 1 is 1.08 bits per heavy atom. The van der Waals surface area contributed by atoms with Crippen LogP contribution in [0.3, 0.4) is 0 Å². The van der Waals surface area contributed by atoms with E-state index in [2.05, 4.69) is 25.8 Å². The van der Waals surface area contributed by atoms with Gasteiger partial charge in [-0.25, -0.2) is 14.2 Å². The fourth-order valence-corrected chi connectivity index (χ4v) is 4.11. The Labute approximate surface area is 219 Å². The van der Waals surface area contributed by atoms with E-state index in [4.69, 9.17) is 4.42 Å². The molecule has 2 heterocycles. The Balaban J connectivity index is 1.41. The lowest BCUT2D eigenvalue weighted by molar-refractivity contribution is -0.139. The number of aryl methyl sites for hydroxylation is 3. The molecule has 10 heteroatoms. The molecule has 1 atom stereocenters. The highest BCUT2D eigenvalue weighted by Gasteiger charge is 2.24. The molecular weight excluding hydrogens is 489 g/mol. The molecule has 2 aromatic heterocycles. The Morgan fingerprint density at radius 2 is 1.84 bits per heavy atom. The Hall–Kier alpha value is -4.60. The van der Waals surface area contributed by atoms with Gasteiger partial charge in [0.15, 0.2) is 0 Å². The van der Waals surface area contributed by atoms with Crippen molar-refractivity contribution in [2.24, 2.45) is 0 Å². The molecular formula is C28H28FN5O4. The maximum absolute atomic E-state index is 13.8. The summed E-state index contributed by atoms with van der Waals surface area (Å²) in [7, 11) is 0. The topological polar surface area (TPSA) is 130 Å². The number of anilines is 1. The Bertz CT molecular complexity index is 1450. The van der Waals surface area contributed by atoms with E-state index in [1.807, 2.05) is 26.0 Å². The van der Waals surface area contributed by atoms with Crippen LogP contribution in [0.5, 0.6) is 0 Å². The van der Waals surface area contributed by atoms with Crippen molar-refractivity contribution in [3.8, 4) is 11.5 Å². The smallest absolute Gasteiger partial charge is 0.326 e. The number of pyridine rings is 1. The summed E-state index contributed by atoms with van der Waals surface area (Å²) in [6.07, 6.45) is 2.22. The second kappa shape index (κ2) is 11.6. The number of amides is 1. The quantitative estimate of drug-likeness (QED) is 0.281. The summed E-state index contributed by atoms with van der Waals surface area (Å²) < 4.78 is 19.5. The van der Waals surface area contributed by atoms with Crippen LogP contribution in [0.1, 0.15) is 45.4 Å². The third kappa shape index (κ3) is 6.39. The second-order valence-corrected chi connectivity index (χ2v) is 8.95. The van der Waals surface area contributed by atoms with Crippen molar-refractivity contribution in [2.45, 2.75) is 46.2 Å². The van der Waals surface area contributed by atoms with Gasteiger partial charge in [-0.05, 0) is 78.9 Å². The zero-order chi connectivity index (χ0) is 27.2. The Morgan fingerprint density at radius 3 is 2.53 bits per heavy atom. The molecule has 0 aliphatic heterocycles. The number of carboxylic acids is 1. The molecule has 4 rings (SSSR count). The van der Waals surface area contributed by atoms with E-state index in [0.29, 0.717) is 58.4 Å². The minimum atomic E-state index is -1.17. The van der Waals surface area contributed by atoms with Crippen molar-refractivity contribution in [2.75, 3.05) is 5.32 Å². The lowest BCUT2D eigenvalue weighted by Crippen LogP contribution is -2.42. The van der Waals surface area contributed by atoms with Gasteiger partial charge in [0, 0.05) is 23.7 Å². The van der Waals surface area contributed by atoms with Gasteiger partial charge in [-0.2, -0.15) is 0 Å². The van der Waals surface area contributed by atoms with Gasteiger partial charge in [-0.1, -0.05) is 19.1 Å². The average molecular weight is 518 g/mol. The summed E-state index contributed by atoms with van der Waals surface area (Å²) in [6, 6.07) is 12.2. The molecule has 38 heavy (non-hydrogen) atoms. The van der Waals surface area contributed by atoms with E-state index < -0.39 is 23.7 Å². The SMILES string of the molecule is CCc1cc(F)cc(C)c1C(=O)NC(Cc1ccc(-c2nnc(CNc3cc(C)ccn3)o2)cc1)C(=O)O. The fraction of sp³-hybridized carbons (Fsp3) is 0.250. The zero-order valence-electron chi connectivity index (χ0n) is 21.3. The van der Waals surface area contributed by atoms with Gasteiger partial charge in [-0.15, -0.1) is 10.2 Å². The normalized spacial score (nSPS) is 11.7. The van der Waals surface area contributed by atoms with Crippen molar-refractivity contribution < 1.29 is 23.5 Å². The predicted molar refractivity (Wildman–Crippen MR) is 139 cm³/mol. The number of carbonyl (C=O) groups excluding carboxylic acids is 1. The molecule has 0 aliphatic rings. The largest absolute Gasteiger partial charge is 0.480 e. The highest BCUT2D eigenvalue weighted by Crippen LogP contribution is 2.21. The summed E-state index contributed by atoms with van der Waals surface area (Å²) in [5.41, 5.74) is 3.73. The highest BCUT2D eigenvalue weighted by atomic mass is 19.1. The van der Waals surface area contributed by atoms with E-state index in [1.165, 1.54) is 12.1 Å². The number of nitrogens with zero attached hydrogens (tertiary/aromatic N) is 3. The number of benzene rings is 2. The molecule has 0 bridgehead atoms. The number of hydrogen-bond acceptors (Lipinski definition) is 7. The lowest BCUT2D eigenvalue weighted by Gasteiger charge is -2.17. The van der Waals surface area contributed by atoms with Gasteiger partial charge in [0.25, 0.3) is 5.91 Å². The van der Waals surface area contributed by atoms with Crippen molar-refractivity contribution in [3.63, 3.8) is 0 Å². The van der Waals surface area contributed by atoms with E-state index in [0.717, 1.165) is 5.56 Å². The van der Waals surface area contributed by atoms with Gasteiger partial charge in [0.2, 0.25) is 11.8 Å². The first-order valence-corrected chi connectivity index (χ1v) is 12.1. The summed E-state index contributed by atoms with van der Waals surface area (Å²) in [4.78, 5) is 29.1. The summed E-state index contributed by atoms with van der Waals surface area (Å²) in [5, 5.41) is 23.6. The summed E-state index contributed by atoms with van der Waals surface area (Å²) >= 11 is 0. The molecule has 0 fully saturated rings.